The highest BCUT2D eigenvalue weighted by Gasteiger charge is 2.09. The molecule has 0 aliphatic heterocycles. The fourth-order valence-electron chi connectivity index (χ4n) is 2.53. The number of nitrogens with two attached hydrogens (primary N) is 1. The molecule has 3 aromatic rings. The highest BCUT2D eigenvalue weighted by atomic mass is 32.2. The fraction of sp³-hybridized carbons (Fsp3) is 0.143. The van der Waals surface area contributed by atoms with Gasteiger partial charge in [-0.15, -0.1) is 0 Å². The largest absolute Gasteiger partial charge is 0.383 e. The quantitative estimate of drug-likeness (QED) is 0.685. The topological polar surface area (TPSA) is 68.0 Å². The second kappa shape index (κ2) is 8.54. The third-order valence-electron chi connectivity index (χ3n) is 4.00. The predicted molar refractivity (Wildman–Crippen MR) is 106 cm³/mol. The van der Waals surface area contributed by atoms with Crippen LogP contribution in [-0.4, -0.2) is 10.9 Å². The second-order valence-electron chi connectivity index (χ2n) is 5.87. The molecular weight excluding hydrogens is 342 g/mol. The van der Waals surface area contributed by atoms with Gasteiger partial charge in [0, 0.05) is 22.5 Å². The Kier molecular flexibility index (Phi) is 5.92. The van der Waals surface area contributed by atoms with Gasteiger partial charge in [0.1, 0.15) is 5.82 Å². The van der Waals surface area contributed by atoms with Crippen molar-refractivity contribution in [1.29, 1.82) is 0 Å². The molecule has 0 fully saturated rings. The van der Waals surface area contributed by atoms with Crippen LogP contribution in [0.25, 0.3) is 0 Å². The molecule has 4 nitrogen and oxygen atoms in total. The van der Waals surface area contributed by atoms with Crippen molar-refractivity contribution in [2.75, 3.05) is 5.73 Å². The molecule has 0 radical (unpaired) electrons. The van der Waals surface area contributed by atoms with Crippen LogP contribution in [0.4, 0.5) is 5.82 Å². The highest BCUT2D eigenvalue weighted by molar-refractivity contribution is 7.99. The van der Waals surface area contributed by atoms with E-state index in [1.54, 1.807) is 30.1 Å². The van der Waals surface area contributed by atoms with E-state index >= 15 is 0 Å². The number of hydrogen-bond donors (Lipinski definition) is 2. The van der Waals surface area contributed by atoms with Crippen molar-refractivity contribution in [2.45, 2.75) is 29.7 Å². The minimum Gasteiger partial charge on any atom is -0.383 e. The number of carbonyl (C=O) groups excluding carboxylic acids is 1. The van der Waals surface area contributed by atoms with E-state index in [1.807, 2.05) is 12.1 Å². The van der Waals surface area contributed by atoms with Crippen molar-refractivity contribution in [3.05, 3.63) is 83.6 Å². The lowest BCUT2D eigenvalue weighted by Gasteiger charge is -2.08. The molecular formula is C21H21N3OS. The molecule has 0 atom stereocenters. The summed E-state index contributed by atoms with van der Waals surface area (Å²) in [7, 11) is 0. The SMILES string of the molecule is CCc1cccc(Sc2ccc(CNC(=O)c3cccnc3N)cc2)c1. The molecule has 0 saturated carbocycles. The maximum Gasteiger partial charge on any atom is 0.255 e. The molecule has 0 bridgehead atoms. The Hall–Kier alpha value is -2.79. The Bertz CT molecular complexity index is 894. The average molecular weight is 363 g/mol. The Balaban J connectivity index is 1.59. The number of anilines is 1. The lowest BCUT2D eigenvalue weighted by Crippen LogP contribution is -2.24. The average Bonchev–Trinajstić information content (AvgIpc) is 2.68. The summed E-state index contributed by atoms with van der Waals surface area (Å²) in [6.45, 7) is 2.61. The number of benzene rings is 2. The van der Waals surface area contributed by atoms with Gasteiger partial charge in [-0.2, -0.15) is 0 Å². The Morgan fingerprint density at radius 1 is 1.04 bits per heavy atom. The van der Waals surface area contributed by atoms with Crippen LogP contribution in [0.2, 0.25) is 0 Å². The molecule has 1 aromatic heterocycles. The van der Waals surface area contributed by atoms with Gasteiger partial charge >= 0.3 is 0 Å². The van der Waals surface area contributed by atoms with Crippen LogP contribution in [0.5, 0.6) is 0 Å². The zero-order chi connectivity index (χ0) is 18.4. The number of aryl methyl sites for hydroxylation is 1. The van der Waals surface area contributed by atoms with E-state index in [0.717, 1.165) is 12.0 Å². The Morgan fingerprint density at radius 2 is 1.85 bits per heavy atom. The Morgan fingerprint density at radius 3 is 2.58 bits per heavy atom. The molecule has 0 saturated heterocycles. The summed E-state index contributed by atoms with van der Waals surface area (Å²) in [6, 6.07) is 20.1. The minimum atomic E-state index is -0.217. The molecule has 2 aromatic carbocycles. The van der Waals surface area contributed by atoms with Crippen molar-refractivity contribution >= 4 is 23.5 Å². The summed E-state index contributed by atoms with van der Waals surface area (Å²) in [5.41, 5.74) is 8.50. The van der Waals surface area contributed by atoms with Crippen LogP contribution in [0.15, 0.2) is 76.7 Å². The van der Waals surface area contributed by atoms with Crippen molar-refractivity contribution < 1.29 is 4.79 Å². The van der Waals surface area contributed by atoms with Crippen molar-refractivity contribution in [3.8, 4) is 0 Å². The maximum absolute atomic E-state index is 12.2. The molecule has 5 heteroatoms. The predicted octanol–water partition coefficient (Wildman–Crippen LogP) is 4.31. The standard InChI is InChI=1S/C21H21N3OS/c1-2-15-5-3-6-18(13-15)26-17-10-8-16(9-11-17)14-24-21(25)19-7-4-12-23-20(19)22/h3-13H,2,14H2,1H3,(H2,22,23)(H,24,25). The first-order valence-corrected chi connectivity index (χ1v) is 9.32. The number of nitrogen functional groups attached to an aromatic ring is 1. The van der Waals surface area contributed by atoms with Crippen LogP contribution in [0, 0.1) is 0 Å². The first-order chi connectivity index (χ1) is 12.7. The van der Waals surface area contributed by atoms with Gasteiger partial charge in [0.15, 0.2) is 0 Å². The summed E-state index contributed by atoms with van der Waals surface area (Å²) in [5, 5.41) is 2.87. The normalized spacial score (nSPS) is 10.5. The molecule has 0 aliphatic rings. The summed E-state index contributed by atoms with van der Waals surface area (Å²) in [4.78, 5) is 18.5. The van der Waals surface area contributed by atoms with E-state index in [-0.39, 0.29) is 11.7 Å². The molecule has 3 rings (SSSR count). The zero-order valence-corrected chi connectivity index (χ0v) is 15.4. The van der Waals surface area contributed by atoms with Gasteiger partial charge in [0.25, 0.3) is 5.91 Å². The lowest BCUT2D eigenvalue weighted by atomic mass is 10.2. The molecule has 3 N–H and O–H groups in total. The van der Waals surface area contributed by atoms with Gasteiger partial charge in [0.2, 0.25) is 0 Å². The third kappa shape index (κ3) is 4.64. The van der Waals surface area contributed by atoms with E-state index in [9.17, 15) is 4.79 Å². The van der Waals surface area contributed by atoms with E-state index in [4.69, 9.17) is 5.73 Å². The number of amides is 1. The number of rotatable bonds is 6. The van der Waals surface area contributed by atoms with Crippen LogP contribution in [0.1, 0.15) is 28.4 Å². The number of aromatic nitrogens is 1. The maximum atomic E-state index is 12.2. The molecule has 0 unspecified atom stereocenters. The number of pyridine rings is 1. The second-order valence-corrected chi connectivity index (χ2v) is 7.01. The van der Waals surface area contributed by atoms with E-state index in [2.05, 4.69) is 53.6 Å². The monoisotopic (exact) mass is 363 g/mol. The summed E-state index contributed by atoms with van der Waals surface area (Å²) < 4.78 is 0. The van der Waals surface area contributed by atoms with E-state index in [1.165, 1.54) is 15.4 Å². The Labute approximate surface area is 157 Å². The molecule has 26 heavy (non-hydrogen) atoms. The fourth-order valence-corrected chi connectivity index (χ4v) is 3.43. The van der Waals surface area contributed by atoms with Gasteiger partial charge in [-0.05, 0) is 53.9 Å². The smallest absolute Gasteiger partial charge is 0.255 e. The van der Waals surface area contributed by atoms with Crippen LogP contribution >= 0.6 is 11.8 Å². The number of hydrogen-bond acceptors (Lipinski definition) is 4. The number of carbonyl (C=O) groups is 1. The summed E-state index contributed by atoms with van der Waals surface area (Å²) in [5.74, 6) is 0.0245. The molecule has 132 valence electrons. The highest BCUT2D eigenvalue weighted by Crippen LogP contribution is 2.28. The van der Waals surface area contributed by atoms with Gasteiger partial charge in [0.05, 0.1) is 5.56 Å². The number of nitrogens with zero attached hydrogens (tertiary/aromatic N) is 1. The lowest BCUT2D eigenvalue weighted by molar-refractivity contribution is 0.0951. The number of nitrogens with one attached hydrogen (secondary N) is 1. The van der Waals surface area contributed by atoms with Gasteiger partial charge in [-0.1, -0.05) is 43.0 Å². The van der Waals surface area contributed by atoms with Crippen molar-refractivity contribution in [2.24, 2.45) is 0 Å². The summed E-state index contributed by atoms with van der Waals surface area (Å²) >= 11 is 1.74. The molecule has 1 heterocycles. The zero-order valence-electron chi connectivity index (χ0n) is 14.6. The summed E-state index contributed by atoms with van der Waals surface area (Å²) in [6.07, 6.45) is 2.60. The van der Waals surface area contributed by atoms with Crippen LogP contribution < -0.4 is 11.1 Å². The first-order valence-electron chi connectivity index (χ1n) is 8.50. The molecule has 1 amide bonds. The van der Waals surface area contributed by atoms with Crippen molar-refractivity contribution in [3.63, 3.8) is 0 Å². The van der Waals surface area contributed by atoms with E-state index < -0.39 is 0 Å². The van der Waals surface area contributed by atoms with Crippen LogP contribution in [-0.2, 0) is 13.0 Å². The molecule has 0 aliphatic carbocycles. The van der Waals surface area contributed by atoms with Gasteiger partial charge in [-0.3, -0.25) is 4.79 Å². The van der Waals surface area contributed by atoms with Crippen molar-refractivity contribution in [1.82, 2.24) is 10.3 Å². The van der Waals surface area contributed by atoms with Crippen LogP contribution in [0.3, 0.4) is 0 Å². The molecule has 0 spiro atoms. The minimum absolute atomic E-state index is 0.217. The van der Waals surface area contributed by atoms with Gasteiger partial charge < -0.3 is 11.1 Å². The third-order valence-corrected chi connectivity index (χ3v) is 5.00. The van der Waals surface area contributed by atoms with E-state index in [0.29, 0.717) is 12.1 Å². The van der Waals surface area contributed by atoms with Gasteiger partial charge in [-0.25, -0.2) is 4.98 Å². The first kappa shape index (κ1) is 18.0.